The molecule has 0 aromatic carbocycles. The van der Waals surface area contributed by atoms with E-state index >= 15 is 0 Å². The van der Waals surface area contributed by atoms with Crippen molar-refractivity contribution in [1.82, 2.24) is 4.90 Å². The minimum Gasteiger partial charge on any atom is -0.478 e. The molecule has 2 aliphatic heterocycles. The summed E-state index contributed by atoms with van der Waals surface area (Å²) in [4.78, 5) is 38.6. The van der Waals surface area contributed by atoms with E-state index in [2.05, 4.69) is 0 Å². The third-order valence-corrected chi connectivity index (χ3v) is 6.06. The number of carboxylic acids is 1. The van der Waals surface area contributed by atoms with Crippen molar-refractivity contribution in [2.45, 2.75) is 102 Å². The molecule has 0 aromatic heterocycles. The summed E-state index contributed by atoms with van der Waals surface area (Å²) >= 11 is 0. The lowest BCUT2D eigenvalue weighted by atomic mass is 9.80. The fourth-order valence-electron chi connectivity index (χ4n) is 4.79. The Morgan fingerprint density at radius 3 is 2.33 bits per heavy atom. The Kier molecular flexibility index (Phi) is 5.97. The molecule has 0 aromatic rings. The van der Waals surface area contributed by atoms with Gasteiger partial charge in [-0.1, -0.05) is 32.1 Å². The number of carboxylic acid groups (broad SMARTS) is 1. The molecule has 1 N–H and O–H groups in total. The zero-order chi connectivity index (χ0) is 22.3. The van der Waals surface area contributed by atoms with E-state index in [1.165, 1.54) is 11.3 Å². The van der Waals surface area contributed by atoms with Gasteiger partial charge in [0.2, 0.25) is 0 Å². The minimum atomic E-state index is -2.01. The van der Waals surface area contributed by atoms with E-state index in [9.17, 15) is 19.5 Å². The Morgan fingerprint density at radius 2 is 1.83 bits per heavy atom. The zero-order valence-electron chi connectivity index (χ0n) is 18.4. The van der Waals surface area contributed by atoms with Gasteiger partial charge in [-0.15, -0.1) is 0 Å². The molecule has 3 rings (SSSR count). The van der Waals surface area contributed by atoms with E-state index < -0.39 is 53.9 Å². The first kappa shape index (κ1) is 22.7. The van der Waals surface area contributed by atoms with Gasteiger partial charge >= 0.3 is 18.2 Å². The highest BCUT2D eigenvalue weighted by Gasteiger charge is 2.66. The van der Waals surface area contributed by atoms with Crippen LogP contribution in [0.2, 0.25) is 0 Å². The number of hydrogen-bond donors (Lipinski definition) is 1. The third kappa shape index (κ3) is 4.36. The molecule has 3 aliphatic rings. The van der Waals surface area contributed by atoms with Crippen molar-refractivity contribution < 1.29 is 38.4 Å². The van der Waals surface area contributed by atoms with E-state index in [0.717, 1.165) is 25.7 Å². The number of cyclic esters (lactones) is 2. The molecule has 2 heterocycles. The Morgan fingerprint density at radius 1 is 1.20 bits per heavy atom. The molecule has 0 spiro atoms. The van der Waals surface area contributed by atoms with E-state index in [4.69, 9.17) is 18.9 Å². The molecule has 9 heteroatoms. The van der Waals surface area contributed by atoms with Crippen molar-refractivity contribution in [2.75, 3.05) is 6.61 Å². The van der Waals surface area contributed by atoms with E-state index in [0.29, 0.717) is 12.3 Å². The van der Waals surface area contributed by atoms with Crippen LogP contribution in [0, 0.1) is 5.92 Å². The van der Waals surface area contributed by atoms with Gasteiger partial charge in [0.15, 0.2) is 0 Å². The molecular formula is C21H33NO8. The highest BCUT2D eigenvalue weighted by molar-refractivity contribution is 5.84. The van der Waals surface area contributed by atoms with Crippen LogP contribution in [0.3, 0.4) is 0 Å². The molecule has 30 heavy (non-hydrogen) atoms. The number of rotatable bonds is 4. The molecule has 1 amide bonds. The van der Waals surface area contributed by atoms with Crippen molar-refractivity contribution in [2.24, 2.45) is 5.92 Å². The molecule has 1 aliphatic carbocycles. The summed E-state index contributed by atoms with van der Waals surface area (Å²) in [5.74, 6) is -1.04. The second-order valence-electron chi connectivity index (χ2n) is 9.98. The summed E-state index contributed by atoms with van der Waals surface area (Å²) in [5.41, 5.74) is -3.89. The standard InChI is InChI=1S/C21H33NO8/c1-19(2,3)29-17(25)22-14(11-13-9-7-6-8-10-13)15(28-20(22,4)5)21(16(23)24)12-27-18(26)30-21/h13-15H,6-12H2,1-5H3,(H,23,24)/t14-,15+,21-/m0/s1. The van der Waals surface area contributed by atoms with Crippen LogP contribution in [0.4, 0.5) is 9.59 Å². The zero-order valence-corrected chi connectivity index (χ0v) is 18.4. The minimum absolute atomic E-state index is 0.317. The monoisotopic (exact) mass is 427 g/mol. The number of hydrogen-bond acceptors (Lipinski definition) is 7. The van der Waals surface area contributed by atoms with Crippen LogP contribution in [0.25, 0.3) is 0 Å². The normalized spacial score (nSPS) is 31.9. The van der Waals surface area contributed by atoms with Crippen LogP contribution in [0.5, 0.6) is 0 Å². The van der Waals surface area contributed by atoms with E-state index in [1.807, 2.05) is 0 Å². The summed E-state index contributed by atoms with van der Waals surface area (Å²) in [6.07, 6.45) is 3.21. The molecule has 1 saturated carbocycles. The fraction of sp³-hybridized carbons (Fsp3) is 0.857. The van der Waals surface area contributed by atoms with Gasteiger partial charge in [0.05, 0.1) is 6.04 Å². The fourth-order valence-corrected chi connectivity index (χ4v) is 4.79. The number of amides is 1. The van der Waals surface area contributed by atoms with Gasteiger partial charge < -0.3 is 24.1 Å². The maximum absolute atomic E-state index is 13.2. The quantitative estimate of drug-likeness (QED) is 0.676. The van der Waals surface area contributed by atoms with Gasteiger partial charge in [0, 0.05) is 0 Å². The van der Waals surface area contributed by atoms with Crippen LogP contribution >= 0.6 is 0 Å². The average Bonchev–Trinajstić information content (AvgIpc) is 3.13. The SMILES string of the molecule is CC(C)(C)OC(=O)N1[C@@H](CC2CCCCC2)[C@H]([C@]2(C(=O)O)COC(=O)O2)OC1(C)C. The number of carbonyl (C=O) groups excluding carboxylic acids is 2. The Balaban J connectivity index is 1.98. The molecule has 0 radical (unpaired) electrons. The lowest BCUT2D eigenvalue weighted by Crippen LogP contribution is -2.58. The number of ether oxygens (including phenoxy) is 4. The summed E-state index contributed by atoms with van der Waals surface area (Å²) in [7, 11) is 0. The van der Waals surface area contributed by atoms with E-state index in [-0.39, 0.29) is 0 Å². The average molecular weight is 427 g/mol. The second-order valence-corrected chi connectivity index (χ2v) is 9.98. The number of nitrogens with zero attached hydrogens (tertiary/aromatic N) is 1. The highest BCUT2D eigenvalue weighted by Crippen LogP contribution is 2.45. The predicted molar refractivity (Wildman–Crippen MR) is 105 cm³/mol. The number of carbonyl (C=O) groups is 3. The molecule has 2 saturated heterocycles. The summed E-state index contributed by atoms with van der Waals surface area (Å²) < 4.78 is 21.8. The van der Waals surface area contributed by atoms with Gasteiger partial charge in [-0.2, -0.15) is 0 Å². The van der Waals surface area contributed by atoms with Crippen molar-refractivity contribution in [3.05, 3.63) is 0 Å². The molecule has 0 unspecified atom stereocenters. The van der Waals surface area contributed by atoms with E-state index in [1.54, 1.807) is 34.6 Å². The first-order valence-corrected chi connectivity index (χ1v) is 10.6. The topological polar surface area (TPSA) is 112 Å². The Bertz CT molecular complexity index is 694. The van der Waals surface area contributed by atoms with Crippen molar-refractivity contribution in [3.8, 4) is 0 Å². The lowest BCUT2D eigenvalue weighted by molar-refractivity contribution is -0.176. The van der Waals surface area contributed by atoms with Gasteiger partial charge in [-0.05, 0) is 47.0 Å². The van der Waals surface area contributed by atoms with Gasteiger partial charge in [-0.3, -0.25) is 4.90 Å². The Labute approximate surface area is 177 Å². The summed E-state index contributed by atoms with van der Waals surface area (Å²) in [6, 6.07) is -0.636. The van der Waals surface area contributed by atoms with Crippen LogP contribution < -0.4 is 0 Å². The molecule has 3 fully saturated rings. The largest absolute Gasteiger partial charge is 0.509 e. The van der Waals surface area contributed by atoms with Crippen LogP contribution in [-0.2, 0) is 23.7 Å². The number of aliphatic carboxylic acids is 1. The van der Waals surface area contributed by atoms with Crippen molar-refractivity contribution in [1.29, 1.82) is 0 Å². The van der Waals surface area contributed by atoms with Crippen molar-refractivity contribution in [3.63, 3.8) is 0 Å². The summed E-state index contributed by atoms with van der Waals surface area (Å²) in [6.45, 7) is 8.23. The lowest BCUT2D eigenvalue weighted by Gasteiger charge is -2.37. The molecule has 170 valence electrons. The second kappa shape index (κ2) is 7.90. The van der Waals surface area contributed by atoms with Crippen LogP contribution in [-0.4, -0.2) is 63.9 Å². The molecule has 9 nitrogen and oxygen atoms in total. The molecule has 3 atom stereocenters. The molecule has 0 bridgehead atoms. The molecular weight excluding hydrogens is 394 g/mol. The van der Waals surface area contributed by atoms with Gasteiger partial charge in [0.1, 0.15) is 24.0 Å². The van der Waals surface area contributed by atoms with Gasteiger partial charge in [0.25, 0.3) is 5.60 Å². The summed E-state index contributed by atoms with van der Waals surface area (Å²) in [5, 5.41) is 9.98. The first-order valence-electron chi connectivity index (χ1n) is 10.6. The van der Waals surface area contributed by atoms with Crippen molar-refractivity contribution >= 4 is 18.2 Å². The maximum atomic E-state index is 13.2. The maximum Gasteiger partial charge on any atom is 0.509 e. The predicted octanol–water partition coefficient (Wildman–Crippen LogP) is 3.69. The van der Waals surface area contributed by atoms with Crippen LogP contribution in [0.15, 0.2) is 0 Å². The smallest absolute Gasteiger partial charge is 0.478 e. The Hall–Kier alpha value is -2.03. The van der Waals surface area contributed by atoms with Crippen LogP contribution in [0.1, 0.15) is 73.1 Å². The van der Waals surface area contributed by atoms with Gasteiger partial charge in [-0.25, -0.2) is 14.4 Å². The highest BCUT2D eigenvalue weighted by atomic mass is 16.8. The first-order chi connectivity index (χ1) is 13.9. The third-order valence-electron chi connectivity index (χ3n) is 6.06.